The fourth-order valence-corrected chi connectivity index (χ4v) is 2.68. The van der Waals surface area contributed by atoms with Crippen LogP contribution in [-0.2, 0) is 9.59 Å². The van der Waals surface area contributed by atoms with E-state index in [1.807, 2.05) is 18.2 Å². The highest BCUT2D eigenvalue weighted by atomic mass is 16.5. The van der Waals surface area contributed by atoms with Gasteiger partial charge in [-0.2, -0.15) is 0 Å². The molecule has 1 aliphatic carbocycles. The van der Waals surface area contributed by atoms with Gasteiger partial charge in [-0.25, -0.2) is 0 Å². The number of hydrogen-bond acceptors (Lipinski definition) is 3. The van der Waals surface area contributed by atoms with Crippen molar-refractivity contribution in [2.75, 3.05) is 13.2 Å². The molecule has 0 saturated heterocycles. The molecular formula is C17H24N2O3. The first-order chi connectivity index (χ1) is 10.6. The molecular weight excluding hydrogens is 280 g/mol. The lowest BCUT2D eigenvalue weighted by Gasteiger charge is -2.29. The zero-order valence-electron chi connectivity index (χ0n) is 13.0. The normalized spacial score (nSPS) is 21.0. The SMILES string of the molecule is C[C@@H]1CCCC[C@@H]1NC(=O)CNC(=O)COc1ccccc1. The Morgan fingerprint density at radius 3 is 2.59 bits per heavy atom. The summed E-state index contributed by atoms with van der Waals surface area (Å²) >= 11 is 0. The summed E-state index contributed by atoms with van der Waals surface area (Å²) < 4.78 is 5.32. The number of amides is 2. The first-order valence-electron chi connectivity index (χ1n) is 7.89. The number of carbonyl (C=O) groups is 2. The third-order valence-electron chi connectivity index (χ3n) is 4.02. The van der Waals surface area contributed by atoms with Gasteiger partial charge in [-0.05, 0) is 30.9 Å². The summed E-state index contributed by atoms with van der Waals surface area (Å²) in [4.78, 5) is 23.5. The quantitative estimate of drug-likeness (QED) is 0.843. The van der Waals surface area contributed by atoms with E-state index in [9.17, 15) is 9.59 Å². The highest BCUT2D eigenvalue weighted by molar-refractivity contribution is 5.85. The average Bonchev–Trinajstić information content (AvgIpc) is 2.54. The van der Waals surface area contributed by atoms with Crippen molar-refractivity contribution in [2.45, 2.75) is 38.6 Å². The van der Waals surface area contributed by atoms with Gasteiger partial charge >= 0.3 is 0 Å². The van der Waals surface area contributed by atoms with E-state index in [0.29, 0.717) is 11.7 Å². The fourth-order valence-electron chi connectivity index (χ4n) is 2.68. The number of benzene rings is 1. The van der Waals surface area contributed by atoms with Crippen molar-refractivity contribution < 1.29 is 14.3 Å². The predicted molar refractivity (Wildman–Crippen MR) is 84.5 cm³/mol. The molecule has 1 aromatic rings. The van der Waals surface area contributed by atoms with E-state index in [-0.39, 0.29) is 31.0 Å². The highest BCUT2D eigenvalue weighted by Crippen LogP contribution is 2.23. The van der Waals surface area contributed by atoms with Crippen molar-refractivity contribution in [1.82, 2.24) is 10.6 Å². The maximum absolute atomic E-state index is 11.9. The van der Waals surface area contributed by atoms with Gasteiger partial charge in [0.1, 0.15) is 5.75 Å². The van der Waals surface area contributed by atoms with Crippen LogP contribution in [-0.4, -0.2) is 31.0 Å². The van der Waals surface area contributed by atoms with Gasteiger partial charge < -0.3 is 15.4 Å². The Morgan fingerprint density at radius 1 is 1.14 bits per heavy atom. The maximum Gasteiger partial charge on any atom is 0.258 e. The number of rotatable bonds is 6. The smallest absolute Gasteiger partial charge is 0.258 e. The number of hydrogen-bond donors (Lipinski definition) is 2. The van der Waals surface area contributed by atoms with Crippen LogP contribution < -0.4 is 15.4 Å². The Hall–Kier alpha value is -2.04. The standard InChI is InChI=1S/C17H24N2O3/c1-13-7-5-6-10-15(13)19-16(20)11-18-17(21)12-22-14-8-3-2-4-9-14/h2-4,8-9,13,15H,5-7,10-12H2,1H3,(H,18,21)(H,19,20)/t13-,15+/m1/s1. The monoisotopic (exact) mass is 304 g/mol. The van der Waals surface area contributed by atoms with E-state index >= 15 is 0 Å². The van der Waals surface area contributed by atoms with Crippen LogP contribution in [0.25, 0.3) is 0 Å². The van der Waals surface area contributed by atoms with Crippen LogP contribution in [0.3, 0.4) is 0 Å². The minimum absolute atomic E-state index is 0.000201. The van der Waals surface area contributed by atoms with Gasteiger partial charge in [0.25, 0.3) is 5.91 Å². The second-order valence-electron chi connectivity index (χ2n) is 5.81. The molecule has 1 aliphatic rings. The van der Waals surface area contributed by atoms with Crippen LogP contribution in [0.15, 0.2) is 30.3 Å². The molecule has 1 aromatic carbocycles. The van der Waals surface area contributed by atoms with Crippen LogP contribution in [0.5, 0.6) is 5.75 Å². The van der Waals surface area contributed by atoms with Crippen LogP contribution in [0, 0.1) is 5.92 Å². The van der Waals surface area contributed by atoms with E-state index in [1.54, 1.807) is 12.1 Å². The fraction of sp³-hybridized carbons (Fsp3) is 0.529. The lowest BCUT2D eigenvalue weighted by molar-refractivity contribution is -0.127. The van der Waals surface area contributed by atoms with Gasteiger partial charge in [-0.3, -0.25) is 9.59 Å². The largest absolute Gasteiger partial charge is 0.484 e. The Kier molecular flexibility index (Phi) is 6.25. The Balaban J connectivity index is 1.64. The molecule has 1 fully saturated rings. The molecule has 2 rings (SSSR count). The zero-order chi connectivity index (χ0) is 15.8. The molecule has 120 valence electrons. The third-order valence-corrected chi connectivity index (χ3v) is 4.02. The summed E-state index contributed by atoms with van der Waals surface area (Å²) in [6, 6.07) is 9.36. The van der Waals surface area contributed by atoms with Crippen LogP contribution in [0.4, 0.5) is 0 Å². The average molecular weight is 304 g/mol. The van der Waals surface area contributed by atoms with Crippen LogP contribution in [0.2, 0.25) is 0 Å². The number of carbonyl (C=O) groups excluding carboxylic acids is 2. The minimum atomic E-state index is -0.296. The molecule has 0 spiro atoms. The van der Waals surface area contributed by atoms with E-state index < -0.39 is 0 Å². The molecule has 0 aromatic heterocycles. The molecule has 0 unspecified atom stereocenters. The van der Waals surface area contributed by atoms with E-state index in [1.165, 1.54) is 6.42 Å². The summed E-state index contributed by atoms with van der Waals surface area (Å²) in [5.41, 5.74) is 0. The second kappa shape index (κ2) is 8.41. The Morgan fingerprint density at radius 2 is 1.86 bits per heavy atom. The van der Waals surface area contributed by atoms with Gasteiger partial charge in [-0.1, -0.05) is 38.0 Å². The van der Waals surface area contributed by atoms with Gasteiger partial charge in [-0.15, -0.1) is 0 Å². The first-order valence-corrected chi connectivity index (χ1v) is 7.89. The van der Waals surface area contributed by atoms with Gasteiger partial charge in [0.15, 0.2) is 6.61 Å². The summed E-state index contributed by atoms with van der Waals surface area (Å²) in [6.45, 7) is 2.08. The molecule has 22 heavy (non-hydrogen) atoms. The second-order valence-corrected chi connectivity index (χ2v) is 5.81. The lowest BCUT2D eigenvalue weighted by atomic mass is 9.86. The Labute approximate surface area is 131 Å². The van der Waals surface area contributed by atoms with Crippen molar-refractivity contribution in [1.29, 1.82) is 0 Å². The summed E-state index contributed by atoms with van der Waals surface area (Å²) in [5.74, 6) is 0.718. The van der Waals surface area contributed by atoms with Crippen molar-refractivity contribution in [3.8, 4) is 5.75 Å². The molecule has 2 atom stereocenters. The maximum atomic E-state index is 11.9. The minimum Gasteiger partial charge on any atom is -0.484 e. The molecule has 2 amide bonds. The topological polar surface area (TPSA) is 67.4 Å². The summed E-state index contributed by atoms with van der Waals surface area (Å²) in [6.07, 6.45) is 4.58. The molecule has 2 N–H and O–H groups in total. The van der Waals surface area contributed by atoms with Crippen molar-refractivity contribution in [3.05, 3.63) is 30.3 Å². The van der Waals surface area contributed by atoms with Gasteiger partial charge in [0.2, 0.25) is 5.91 Å². The van der Waals surface area contributed by atoms with Gasteiger partial charge in [0, 0.05) is 6.04 Å². The third kappa shape index (κ3) is 5.39. The van der Waals surface area contributed by atoms with Crippen molar-refractivity contribution in [2.24, 2.45) is 5.92 Å². The number of nitrogens with one attached hydrogen (secondary N) is 2. The van der Waals surface area contributed by atoms with Crippen molar-refractivity contribution >= 4 is 11.8 Å². The Bertz CT molecular complexity index is 490. The summed E-state index contributed by atoms with van der Waals surface area (Å²) in [7, 11) is 0. The molecule has 5 nitrogen and oxygen atoms in total. The first kappa shape index (κ1) is 16.3. The molecule has 0 aliphatic heterocycles. The zero-order valence-corrected chi connectivity index (χ0v) is 13.0. The molecule has 1 saturated carbocycles. The molecule has 0 bridgehead atoms. The highest BCUT2D eigenvalue weighted by Gasteiger charge is 2.22. The molecule has 5 heteroatoms. The number of para-hydroxylation sites is 1. The van der Waals surface area contributed by atoms with Crippen LogP contribution >= 0.6 is 0 Å². The lowest BCUT2D eigenvalue weighted by Crippen LogP contribution is -2.46. The molecule has 0 heterocycles. The van der Waals surface area contributed by atoms with Crippen molar-refractivity contribution in [3.63, 3.8) is 0 Å². The summed E-state index contributed by atoms with van der Waals surface area (Å²) in [5, 5.41) is 5.58. The predicted octanol–water partition coefficient (Wildman–Crippen LogP) is 1.88. The van der Waals surface area contributed by atoms with Gasteiger partial charge in [0.05, 0.1) is 6.54 Å². The van der Waals surface area contributed by atoms with E-state index in [4.69, 9.17) is 4.74 Å². The number of ether oxygens (including phenoxy) is 1. The molecule has 0 radical (unpaired) electrons. The van der Waals surface area contributed by atoms with E-state index in [0.717, 1.165) is 19.3 Å². The van der Waals surface area contributed by atoms with E-state index in [2.05, 4.69) is 17.6 Å². The van der Waals surface area contributed by atoms with Crippen LogP contribution in [0.1, 0.15) is 32.6 Å².